The Morgan fingerprint density at radius 2 is 1.82 bits per heavy atom. The van der Waals surface area contributed by atoms with Crippen molar-refractivity contribution < 1.29 is 13.3 Å². The zero-order valence-corrected chi connectivity index (χ0v) is 12.1. The number of halogens is 2. The van der Waals surface area contributed by atoms with Gasteiger partial charge in [0.1, 0.15) is 17.3 Å². The molecule has 0 bridgehead atoms. The molecule has 22 heavy (non-hydrogen) atoms. The molecule has 7 heteroatoms. The van der Waals surface area contributed by atoms with Crippen LogP contribution in [0.3, 0.4) is 0 Å². The van der Waals surface area contributed by atoms with Gasteiger partial charge in [-0.25, -0.2) is 8.78 Å². The minimum Gasteiger partial charge on any atom is -0.364 e. The zero-order valence-electron chi connectivity index (χ0n) is 12.1. The van der Waals surface area contributed by atoms with Crippen molar-refractivity contribution in [2.45, 2.75) is 13.1 Å². The van der Waals surface area contributed by atoms with E-state index in [4.69, 9.17) is 10.3 Å². The number of piperazine rings is 1. The lowest BCUT2D eigenvalue weighted by atomic mass is 10.2. The minimum atomic E-state index is -0.516. The van der Waals surface area contributed by atoms with E-state index in [0.29, 0.717) is 45.0 Å². The summed E-state index contributed by atoms with van der Waals surface area (Å²) >= 11 is 0. The maximum atomic E-state index is 13.8. The summed E-state index contributed by atoms with van der Waals surface area (Å²) in [5, 5.41) is 3.96. The average Bonchev–Trinajstić information content (AvgIpc) is 2.96. The monoisotopic (exact) mass is 308 g/mol. The van der Waals surface area contributed by atoms with E-state index in [9.17, 15) is 8.78 Å². The van der Waals surface area contributed by atoms with Gasteiger partial charge >= 0.3 is 0 Å². The van der Waals surface area contributed by atoms with Gasteiger partial charge in [0.2, 0.25) is 0 Å². The first-order chi connectivity index (χ1) is 10.7. The summed E-state index contributed by atoms with van der Waals surface area (Å²) < 4.78 is 32.6. The summed E-state index contributed by atoms with van der Waals surface area (Å²) in [6.07, 6.45) is 0. The van der Waals surface area contributed by atoms with Crippen LogP contribution in [-0.2, 0) is 13.1 Å². The summed E-state index contributed by atoms with van der Waals surface area (Å²) in [6.45, 7) is 3.53. The molecule has 1 fully saturated rings. The predicted octanol–water partition coefficient (Wildman–Crippen LogP) is 1.73. The van der Waals surface area contributed by atoms with E-state index in [-0.39, 0.29) is 5.69 Å². The fraction of sp³-hybridized carbons (Fsp3) is 0.400. The van der Waals surface area contributed by atoms with Crippen molar-refractivity contribution in [2.75, 3.05) is 31.1 Å². The molecule has 1 saturated heterocycles. The Hall–Kier alpha value is -1.99. The third-order valence-electron chi connectivity index (χ3n) is 3.82. The maximum Gasteiger partial charge on any atom is 0.150 e. The second-order valence-electron chi connectivity index (χ2n) is 5.32. The first kappa shape index (κ1) is 14.9. The normalized spacial score (nSPS) is 16.2. The number of rotatable bonds is 4. The molecule has 2 heterocycles. The maximum absolute atomic E-state index is 13.8. The Bertz CT molecular complexity index is 618. The summed E-state index contributed by atoms with van der Waals surface area (Å²) in [6, 6.07) is 5.79. The Morgan fingerprint density at radius 1 is 1.14 bits per heavy atom. The molecule has 2 N–H and O–H groups in total. The van der Waals surface area contributed by atoms with Gasteiger partial charge in [0.05, 0.1) is 12.2 Å². The topological polar surface area (TPSA) is 58.5 Å². The summed E-state index contributed by atoms with van der Waals surface area (Å²) in [5.41, 5.74) is 6.37. The summed E-state index contributed by atoms with van der Waals surface area (Å²) in [7, 11) is 0. The number of para-hydroxylation sites is 1. The Morgan fingerprint density at radius 3 is 2.41 bits per heavy atom. The van der Waals surface area contributed by atoms with Gasteiger partial charge in [0, 0.05) is 38.8 Å². The molecule has 1 aliphatic rings. The van der Waals surface area contributed by atoms with Crippen molar-refractivity contribution in [2.24, 2.45) is 5.73 Å². The predicted molar refractivity (Wildman–Crippen MR) is 78.2 cm³/mol. The third kappa shape index (κ3) is 3.10. The highest BCUT2D eigenvalue weighted by Crippen LogP contribution is 2.24. The molecule has 2 aromatic rings. The van der Waals surface area contributed by atoms with Gasteiger partial charge < -0.3 is 15.2 Å². The highest BCUT2D eigenvalue weighted by molar-refractivity contribution is 5.49. The molecule has 0 aliphatic carbocycles. The number of hydrogen-bond donors (Lipinski definition) is 1. The van der Waals surface area contributed by atoms with Crippen molar-refractivity contribution in [3.63, 3.8) is 0 Å². The van der Waals surface area contributed by atoms with Crippen LogP contribution in [0.4, 0.5) is 14.5 Å². The van der Waals surface area contributed by atoms with Crippen LogP contribution in [0.15, 0.2) is 28.8 Å². The van der Waals surface area contributed by atoms with Gasteiger partial charge in [0.25, 0.3) is 0 Å². The number of nitrogens with zero attached hydrogens (tertiary/aromatic N) is 3. The summed E-state index contributed by atoms with van der Waals surface area (Å²) in [4.78, 5) is 3.92. The molecule has 0 unspecified atom stereocenters. The van der Waals surface area contributed by atoms with E-state index in [1.165, 1.54) is 18.2 Å². The average molecular weight is 308 g/mol. The van der Waals surface area contributed by atoms with Gasteiger partial charge in [-0.15, -0.1) is 0 Å². The molecule has 1 aliphatic heterocycles. The van der Waals surface area contributed by atoms with Gasteiger partial charge in [-0.1, -0.05) is 11.2 Å². The van der Waals surface area contributed by atoms with Crippen LogP contribution in [0.2, 0.25) is 0 Å². The number of aromatic nitrogens is 1. The number of anilines is 1. The van der Waals surface area contributed by atoms with Crippen LogP contribution in [-0.4, -0.2) is 36.2 Å². The lowest BCUT2D eigenvalue weighted by Gasteiger charge is -2.35. The van der Waals surface area contributed by atoms with Gasteiger partial charge in [-0.2, -0.15) is 0 Å². The van der Waals surface area contributed by atoms with Crippen molar-refractivity contribution in [1.29, 1.82) is 0 Å². The Labute approximate surface area is 127 Å². The van der Waals surface area contributed by atoms with Crippen molar-refractivity contribution in [3.8, 4) is 0 Å². The molecule has 0 atom stereocenters. The Balaban J connectivity index is 1.60. The second kappa shape index (κ2) is 6.41. The molecule has 1 aromatic heterocycles. The number of nitrogens with two attached hydrogens (primary N) is 1. The minimum absolute atomic E-state index is 0.0639. The molecular weight excluding hydrogens is 290 g/mol. The van der Waals surface area contributed by atoms with E-state index in [0.717, 1.165) is 5.69 Å². The molecule has 5 nitrogen and oxygen atoms in total. The van der Waals surface area contributed by atoms with Crippen LogP contribution in [0.1, 0.15) is 11.5 Å². The van der Waals surface area contributed by atoms with Crippen LogP contribution in [0.25, 0.3) is 0 Å². The van der Waals surface area contributed by atoms with E-state index >= 15 is 0 Å². The second-order valence-corrected chi connectivity index (χ2v) is 5.32. The fourth-order valence-corrected chi connectivity index (χ4v) is 2.68. The van der Waals surface area contributed by atoms with E-state index in [1.54, 1.807) is 4.90 Å². The lowest BCUT2D eigenvalue weighted by Crippen LogP contribution is -2.46. The highest BCUT2D eigenvalue weighted by Gasteiger charge is 2.22. The molecule has 3 rings (SSSR count). The number of hydrogen-bond acceptors (Lipinski definition) is 5. The Kier molecular flexibility index (Phi) is 4.35. The van der Waals surface area contributed by atoms with Crippen molar-refractivity contribution in [3.05, 3.63) is 47.4 Å². The van der Waals surface area contributed by atoms with Crippen LogP contribution in [0.5, 0.6) is 0 Å². The fourth-order valence-electron chi connectivity index (χ4n) is 2.68. The van der Waals surface area contributed by atoms with Crippen LogP contribution < -0.4 is 10.6 Å². The highest BCUT2D eigenvalue weighted by atomic mass is 19.1. The van der Waals surface area contributed by atoms with Gasteiger partial charge in [-0.05, 0) is 12.1 Å². The van der Waals surface area contributed by atoms with E-state index < -0.39 is 11.6 Å². The van der Waals surface area contributed by atoms with Crippen LogP contribution >= 0.6 is 0 Å². The molecular formula is C15H18F2N4O. The van der Waals surface area contributed by atoms with Crippen LogP contribution in [0, 0.1) is 11.6 Å². The molecule has 0 amide bonds. The van der Waals surface area contributed by atoms with E-state index in [2.05, 4.69) is 10.1 Å². The van der Waals surface area contributed by atoms with Gasteiger partial charge in [0.15, 0.2) is 5.76 Å². The quantitative estimate of drug-likeness (QED) is 0.932. The zero-order chi connectivity index (χ0) is 15.5. The first-order valence-electron chi connectivity index (χ1n) is 7.23. The molecule has 0 radical (unpaired) electrons. The van der Waals surface area contributed by atoms with Crippen molar-refractivity contribution >= 4 is 5.69 Å². The largest absolute Gasteiger partial charge is 0.364 e. The van der Waals surface area contributed by atoms with Crippen molar-refractivity contribution in [1.82, 2.24) is 10.1 Å². The molecule has 1 aromatic carbocycles. The molecule has 0 saturated carbocycles. The first-order valence-corrected chi connectivity index (χ1v) is 7.23. The summed E-state index contributed by atoms with van der Waals surface area (Å²) in [5.74, 6) is -0.378. The lowest BCUT2D eigenvalue weighted by molar-refractivity contribution is 0.240. The SMILES string of the molecule is NCc1cc(CN2CCN(c3c(F)cccc3F)CC2)no1. The van der Waals surface area contributed by atoms with E-state index in [1.807, 2.05) is 6.07 Å². The third-order valence-corrected chi connectivity index (χ3v) is 3.82. The smallest absolute Gasteiger partial charge is 0.150 e. The van der Waals surface area contributed by atoms with Gasteiger partial charge in [-0.3, -0.25) is 4.90 Å². The molecule has 118 valence electrons. The standard InChI is InChI=1S/C15H18F2N4O/c16-13-2-1-3-14(17)15(13)21-6-4-20(5-7-21)10-11-8-12(9-18)22-19-11/h1-3,8H,4-7,9-10,18H2. The number of benzene rings is 1. The molecule has 0 spiro atoms.